The number of aromatic nitrogens is 3. The molecular formula is C17H21FN6. The van der Waals surface area contributed by atoms with Gasteiger partial charge in [0.15, 0.2) is 12.0 Å². The molecule has 0 bridgehead atoms. The van der Waals surface area contributed by atoms with Crippen LogP contribution in [0.2, 0.25) is 0 Å². The van der Waals surface area contributed by atoms with Gasteiger partial charge in [0, 0.05) is 12.1 Å². The molecule has 2 atom stereocenters. The third-order valence-electron chi connectivity index (χ3n) is 4.82. The number of rotatable bonds is 3. The second kappa shape index (κ2) is 5.90. The largest absolute Gasteiger partial charge is 0.401 e. The Morgan fingerprint density at radius 2 is 1.92 bits per heavy atom. The van der Waals surface area contributed by atoms with E-state index in [2.05, 4.69) is 10.1 Å². The van der Waals surface area contributed by atoms with Gasteiger partial charge in [0.1, 0.15) is 0 Å². The molecule has 0 radical (unpaired) electrons. The van der Waals surface area contributed by atoms with E-state index >= 15 is 0 Å². The maximum atomic E-state index is 14.4. The van der Waals surface area contributed by atoms with Gasteiger partial charge in [0.2, 0.25) is 0 Å². The number of fused-ring (bicyclic) bond motifs is 1. The maximum absolute atomic E-state index is 14.4. The highest BCUT2D eigenvalue weighted by molar-refractivity contribution is 5.40. The van der Waals surface area contributed by atoms with Crippen LogP contribution in [0.25, 0.3) is 0 Å². The van der Waals surface area contributed by atoms with Crippen molar-refractivity contribution in [2.75, 3.05) is 5.01 Å². The van der Waals surface area contributed by atoms with Gasteiger partial charge in [-0.15, -0.1) is 5.10 Å². The molecule has 1 aromatic heterocycles. The molecule has 7 heteroatoms. The normalized spacial score (nSPS) is 23.4. The molecule has 24 heavy (non-hydrogen) atoms. The molecule has 0 spiro atoms. The molecule has 2 aromatic rings. The molecule has 1 aliphatic carbocycles. The highest BCUT2D eigenvalue weighted by Crippen LogP contribution is 2.40. The molecule has 2 aliphatic rings. The van der Waals surface area contributed by atoms with E-state index in [1.165, 1.54) is 5.01 Å². The average molecular weight is 328 g/mol. The van der Waals surface area contributed by atoms with E-state index in [0.29, 0.717) is 18.2 Å². The Morgan fingerprint density at radius 3 is 2.67 bits per heavy atom. The van der Waals surface area contributed by atoms with Crippen LogP contribution < -0.4 is 16.6 Å². The first-order valence-corrected chi connectivity index (χ1v) is 8.33. The molecule has 0 fully saturated rings. The molecule has 6 nitrogen and oxygen atoms in total. The Morgan fingerprint density at radius 1 is 1.17 bits per heavy atom. The fourth-order valence-electron chi connectivity index (χ4n) is 3.53. The van der Waals surface area contributed by atoms with Crippen molar-refractivity contribution in [1.29, 1.82) is 0 Å². The number of hydrogen-bond acceptors (Lipinski definition) is 5. The third kappa shape index (κ3) is 2.45. The zero-order valence-corrected chi connectivity index (χ0v) is 13.4. The van der Waals surface area contributed by atoms with E-state index in [9.17, 15) is 4.39 Å². The van der Waals surface area contributed by atoms with Crippen LogP contribution in [-0.4, -0.2) is 14.8 Å². The number of alkyl halides is 1. The van der Waals surface area contributed by atoms with Gasteiger partial charge >= 0.3 is 0 Å². The standard InChI is InChI=1S/C17H21FN6/c18-12-10-15(11-6-2-1-3-7-11)24-16(12)21-17(22-24)23(20)14-9-5-4-8-13(14)19/h1-3,6-7,12,15H,4-5,8-10,19-20H2. The lowest BCUT2D eigenvalue weighted by Crippen LogP contribution is -2.34. The Labute approximate surface area is 139 Å². The number of hydrogen-bond donors (Lipinski definition) is 2. The van der Waals surface area contributed by atoms with Crippen LogP contribution >= 0.6 is 0 Å². The zero-order valence-electron chi connectivity index (χ0n) is 13.4. The first kappa shape index (κ1) is 15.1. The van der Waals surface area contributed by atoms with E-state index in [1.807, 2.05) is 30.3 Å². The summed E-state index contributed by atoms with van der Waals surface area (Å²) >= 11 is 0. The lowest BCUT2D eigenvalue weighted by molar-refractivity contribution is 0.328. The summed E-state index contributed by atoms with van der Waals surface area (Å²) in [6.45, 7) is 0. The van der Waals surface area contributed by atoms with Gasteiger partial charge in [0.25, 0.3) is 5.95 Å². The van der Waals surface area contributed by atoms with Gasteiger partial charge in [-0.2, -0.15) is 4.98 Å². The van der Waals surface area contributed by atoms with Crippen molar-refractivity contribution < 1.29 is 4.39 Å². The van der Waals surface area contributed by atoms with Crippen molar-refractivity contribution >= 4 is 5.95 Å². The van der Waals surface area contributed by atoms with Crippen molar-refractivity contribution in [2.24, 2.45) is 11.6 Å². The number of anilines is 1. The summed E-state index contributed by atoms with van der Waals surface area (Å²) in [5.41, 5.74) is 8.72. The summed E-state index contributed by atoms with van der Waals surface area (Å²) in [7, 11) is 0. The van der Waals surface area contributed by atoms with Crippen molar-refractivity contribution in [3.05, 3.63) is 53.1 Å². The molecule has 0 saturated heterocycles. The van der Waals surface area contributed by atoms with Crippen LogP contribution in [0, 0.1) is 0 Å². The predicted molar refractivity (Wildman–Crippen MR) is 89.4 cm³/mol. The van der Waals surface area contributed by atoms with E-state index in [1.54, 1.807) is 4.68 Å². The van der Waals surface area contributed by atoms with Gasteiger partial charge in [-0.3, -0.25) is 0 Å². The molecule has 4 rings (SSSR count). The highest BCUT2D eigenvalue weighted by Gasteiger charge is 2.36. The van der Waals surface area contributed by atoms with E-state index in [0.717, 1.165) is 42.6 Å². The van der Waals surface area contributed by atoms with E-state index in [4.69, 9.17) is 11.6 Å². The summed E-state index contributed by atoms with van der Waals surface area (Å²) in [6.07, 6.45) is 2.95. The molecule has 126 valence electrons. The number of hydrazine groups is 1. The monoisotopic (exact) mass is 328 g/mol. The van der Waals surface area contributed by atoms with Gasteiger partial charge < -0.3 is 5.73 Å². The first-order chi connectivity index (χ1) is 11.6. The lowest BCUT2D eigenvalue weighted by atomic mass is 10.0. The Bertz CT molecular complexity index is 769. The van der Waals surface area contributed by atoms with Crippen LogP contribution in [0.4, 0.5) is 10.3 Å². The zero-order chi connectivity index (χ0) is 16.7. The average Bonchev–Trinajstić information content (AvgIpc) is 3.16. The second-order valence-corrected chi connectivity index (χ2v) is 6.39. The van der Waals surface area contributed by atoms with E-state index < -0.39 is 6.17 Å². The Kier molecular flexibility index (Phi) is 3.72. The quantitative estimate of drug-likeness (QED) is 0.668. The van der Waals surface area contributed by atoms with Crippen molar-refractivity contribution in [3.8, 4) is 0 Å². The van der Waals surface area contributed by atoms with Gasteiger partial charge in [-0.25, -0.2) is 19.9 Å². The van der Waals surface area contributed by atoms with Crippen LogP contribution in [-0.2, 0) is 0 Å². The molecule has 2 heterocycles. The summed E-state index contributed by atoms with van der Waals surface area (Å²) in [4.78, 5) is 4.35. The fourth-order valence-corrected chi connectivity index (χ4v) is 3.53. The van der Waals surface area contributed by atoms with Gasteiger partial charge in [-0.05, 0) is 31.2 Å². The Balaban J connectivity index is 1.68. The lowest BCUT2D eigenvalue weighted by Gasteiger charge is -2.24. The maximum Gasteiger partial charge on any atom is 0.263 e. The molecule has 0 saturated carbocycles. The molecule has 4 N–H and O–H groups in total. The summed E-state index contributed by atoms with van der Waals surface area (Å²) < 4.78 is 16.1. The summed E-state index contributed by atoms with van der Waals surface area (Å²) in [5, 5.41) is 5.91. The van der Waals surface area contributed by atoms with Crippen molar-refractivity contribution in [3.63, 3.8) is 0 Å². The molecule has 1 aromatic carbocycles. The van der Waals surface area contributed by atoms with E-state index in [-0.39, 0.29) is 6.04 Å². The van der Waals surface area contributed by atoms with Crippen molar-refractivity contribution in [1.82, 2.24) is 14.8 Å². The summed E-state index contributed by atoms with van der Waals surface area (Å²) in [5.74, 6) is 6.84. The number of nitrogens with zero attached hydrogens (tertiary/aromatic N) is 4. The molecule has 1 aliphatic heterocycles. The van der Waals surface area contributed by atoms with Crippen LogP contribution in [0.5, 0.6) is 0 Å². The predicted octanol–water partition coefficient (Wildman–Crippen LogP) is 2.71. The molecule has 0 amide bonds. The SMILES string of the molecule is NC1=C(N(N)c2nc3n(n2)C(c2ccccc2)CC3F)CCCC1. The number of halogens is 1. The topological polar surface area (TPSA) is 86.0 Å². The number of benzene rings is 1. The minimum Gasteiger partial charge on any atom is -0.401 e. The Hall–Kier alpha value is -2.41. The number of nitrogens with two attached hydrogens (primary N) is 2. The van der Waals surface area contributed by atoms with Gasteiger partial charge in [-0.1, -0.05) is 30.3 Å². The highest BCUT2D eigenvalue weighted by atomic mass is 19.1. The summed E-state index contributed by atoms with van der Waals surface area (Å²) in [6, 6.07) is 9.65. The van der Waals surface area contributed by atoms with Gasteiger partial charge in [0.05, 0.1) is 11.7 Å². The second-order valence-electron chi connectivity index (χ2n) is 6.39. The third-order valence-corrected chi connectivity index (χ3v) is 4.82. The fraction of sp³-hybridized carbons (Fsp3) is 0.412. The minimum atomic E-state index is -1.14. The number of allylic oxidation sites excluding steroid dienone is 2. The minimum absolute atomic E-state index is 0.150. The molecule has 2 unspecified atom stereocenters. The molecular weight excluding hydrogens is 307 g/mol. The van der Waals surface area contributed by atoms with Crippen LogP contribution in [0.1, 0.15) is 55.7 Å². The van der Waals surface area contributed by atoms with Crippen LogP contribution in [0.15, 0.2) is 41.7 Å². The van der Waals surface area contributed by atoms with Crippen molar-refractivity contribution in [2.45, 2.75) is 44.3 Å². The van der Waals surface area contributed by atoms with Crippen LogP contribution in [0.3, 0.4) is 0 Å². The first-order valence-electron chi connectivity index (χ1n) is 8.33. The smallest absolute Gasteiger partial charge is 0.263 e.